The van der Waals surface area contributed by atoms with Crippen molar-refractivity contribution in [1.82, 2.24) is 24.1 Å². The van der Waals surface area contributed by atoms with Gasteiger partial charge in [0, 0.05) is 38.2 Å². The molecule has 17 rings (SSSR count). The van der Waals surface area contributed by atoms with E-state index >= 15 is 0 Å². The van der Waals surface area contributed by atoms with Crippen LogP contribution in [0.5, 0.6) is 0 Å². The summed E-state index contributed by atoms with van der Waals surface area (Å²) in [4.78, 5) is 16.4. The Bertz CT molecular complexity index is 5160. The van der Waals surface area contributed by atoms with Gasteiger partial charge < -0.3 is 4.57 Å². The van der Waals surface area contributed by atoms with Gasteiger partial charge in [-0.1, -0.05) is 243 Å². The average Bonchev–Trinajstić information content (AvgIpc) is 2.91. The van der Waals surface area contributed by atoms with Crippen molar-refractivity contribution in [1.29, 1.82) is 0 Å². The average molecular weight is 1030 g/mol. The van der Waals surface area contributed by atoms with Gasteiger partial charge in [-0.15, -0.1) is 0 Å². The van der Waals surface area contributed by atoms with E-state index in [1.54, 1.807) is 0 Å². The van der Waals surface area contributed by atoms with Gasteiger partial charge in [0.2, 0.25) is 5.95 Å². The summed E-state index contributed by atoms with van der Waals surface area (Å²) in [6, 6.07) is 104. The summed E-state index contributed by atoms with van der Waals surface area (Å²) in [5.41, 5.74) is 16.3. The van der Waals surface area contributed by atoms with E-state index in [4.69, 9.17) is 15.0 Å². The van der Waals surface area contributed by atoms with Crippen LogP contribution in [0.1, 0.15) is 22.3 Å². The normalized spacial score (nSPS) is 12.8. The highest BCUT2D eigenvalue weighted by atomic mass is 15.2. The van der Waals surface area contributed by atoms with Crippen molar-refractivity contribution in [2.75, 3.05) is 0 Å². The zero-order valence-corrected chi connectivity index (χ0v) is 43.9. The van der Waals surface area contributed by atoms with Crippen LogP contribution in [-0.4, -0.2) is 24.1 Å². The van der Waals surface area contributed by atoms with Crippen LogP contribution in [0.3, 0.4) is 0 Å². The predicted molar refractivity (Wildman–Crippen MR) is 335 cm³/mol. The van der Waals surface area contributed by atoms with Gasteiger partial charge in [-0.3, -0.25) is 4.57 Å². The molecule has 5 heteroatoms. The third kappa shape index (κ3) is 6.58. The molecule has 0 N–H and O–H groups in total. The first-order chi connectivity index (χ1) is 40.2. The number of aromatic nitrogens is 5. The van der Waals surface area contributed by atoms with Crippen molar-refractivity contribution in [3.05, 3.63) is 307 Å². The molecule has 16 aromatic rings. The van der Waals surface area contributed by atoms with Crippen LogP contribution >= 0.6 is 0 Å². The fourth-order valence-electron chi connectivity index (χ4n) is 13.9. The molecule has 5 nitrogen and oxygen atoms in total. The van der Waals surface area contributed by atoms with Crippen LogP contribution in [0.25, 0.3) is 133 Å². The van der Waals surface area contributed by atoms with Crippen molar-refractivity contribution in [3.63, 3.8) is 0 Å². The van der Waals surface area contributed by atoms with Gasteiger partial charge in [-0.05, 0) is 114 Å². The molecule has 81 heavy (non-hydrogen) atoms. The first-order valence-corrected chi connectivity index (χ1v) is 27.8. The van der Waals surface area contributed by atoms with Crippen molar-refractivity contribution >= 4 is 75.9 Å². The van der Waals surface area contributed by atoms with Crippen molar-refractivity contribution < 1.29 is 0 Å². The van der Waals surface area contributed by atoms with Crippen LogP contribution in [0, 0.1) is 0 Å². The number of rotatable bonds is 7. The molecule has 0 aliphatic heterocycles. The van der Waals surface area contributed by atoms with E-state index in [0.717, 1.165) is 55.2 Å². The lowest BCUT2D eigenvalue weighted by Crippen LogP contribution is -2.28. The Balaban J connectivity index is 0.889. The smallest absolute Gasteiger partial charge is 0.238 e. The molecule has 0 radical (unpaired) electrons. The molecular weight excluding hydrogens is 983 g/mol. The standard InChI is InChI=1S/C76H47N5/c1-4-22-48(23-5-1)73-77-74(50-41-43-60-59-33-14-18-36-64(59)76(65(60)47-50,51-24-6-2-7-25-51)52-26-8-3-9-27-52)79-75(78-73)81-68-39-21-17-35-62(68)72-70(81)45-44-69-71(72)61-34-16-20-38-67(61)80(69)66-37-19-15-28-53(66)49-40-42-58-56-31-11-10-29-54(56)55-30-12-13-32-57(55)63(58)46-49/h1-47H. The molecule has 0 saturated heterocycles. The topological polar surface area (TPSA) is 48.5 Å². The molecule has 0 amide bonds. The summed E-state index contributed by atoms with van der Waals surface area (Å²) in [6.45, 7) is 0. The van der Waals surface area contributed by atoms with Gasteiger partial charge in [-0.25, -0.2) is 4.98 Å². The maximum atomic E-state index is 5.57. The highest BCUT2D eigenvalue weighted by molar-refractivity contribution is 6.29. The van der Waals surface area contributed by atoms with Gasteiger partial charge in [0.05, 0.1) is 33.2 Å². The van der Waals surface area contributed by atoms with Crippen LogP contribution in [0.4, 0.5) is 0 Å². The Morgan fingerprint density at radius 1 is 0.259 bits per heavy atom. The number of fused-ring (bicyclic) bond motifs is 16. The molecule has 0 atom stereocenters. The molecule has 1 aliphatic carbocycles. The fourth-order valence-corrected chi connectivity index (χ4v) is 13.9. The van der Waals surface area contributed by atoms with Crippen molar-refractivity contribution in [2.45, 2.75) is 5.41 Å². The summed E-state index contributed by atoms with van der Waals surface area (Å²) in [5.74, 6) is 1.76. The lowest BCUT2D eigenvalue weighted by molar-refractivity contribution is 0.768. The minimum absolute atomic E-state index is 0.552. The summed E-state index contributed by atoms with van der Waals surface area (Å²) >= 11 is 0. The minimum atomic E-state index is -0.583. The second-order valence-electron chi connectivity index (χ2n) is 21.4. The highest BCUT2D eigenvalue weighted by Crippen LogP contribution is 2.57. The lowest BCUT2D eigenvalue weighted by atomic mass is 9.67. The van der Waals surface area contributed by atoms with E-state index in [2.05, 4.69) is 276 Å². The van der Waals surface area contributed by atoms with Gasteiger partial charge in [0.25, 0.3) is 0 Å². The number of hydrogen-bond acceptors (Lipinski definition) is 3. The molecule has 0 unspecified atom stereocenters. The SMILES string of the molecule is c1ccc(-c2nc(-c3ccc4c(c3)C(c3ccccc3)(c3ccccc3)c3ccccc3-4)nc(-n3c4ccccc4c4c5c6ccccc6n(-c6ccccc6-c6ccc7c8ccccc8c8ccccc8c7c6)c5ccc43)n2)cc1. The summed E-state index contributed by atoms with van der Waals surface area (Å²) in [5, 5.41) is 12.2. The van der Waals surface area contributed by atoms with E-state index in [1.807, 2.05) is 18.2 Å². The highest BCUT2D eigenvalue weighted by Gasteiger charge is 2.46. The first-order valence-electron chi connectivity index (χ1n) is 27.8. The Morgan fingerprint density at radius 2 is 0.716 bits per heavy atom. The van der Waals surface area contributed by atoms with Gasteiger partial charge in [0.1, 0.15) is 0 Å². The maximum Gasteiger partial charge on any atom is 0.238 e. The first kappa shape index (κ1) is 45.3. The molecule has 3 heterocycles. The second kappa shape index (κ2) is 17.6. The summed E-state index contributed by atoms with van der Waals surface area (Å²) < 4.78 is 4.73. The summed E-state index contributed by atoms with van der Waals surface area (Å²) in [6.07, 6.45) is 0. The molecule has 1 aliphatic rings. The Kier molecular flexibility index (Phi) is 9.86. The van der Waals surface area contributed by atoms with E-state index in [1.165, 1.54) is 82.0 Å². The minimum Gasteiger partial charge on any atom is -0.309 e. The fraction of sp³-hybridized carbons (Fsp3) is 0.0132. The van der Waals surface area contributed by atoms with Crippen LogP contribution in [-0.2, 0) is 5.41 Å². The molecule has 0 fully saturated rings. The van der Waals surface area contributed by atoms with E-state index < -0.39 is 5.41 Å². The molecule has 0 bridgehead atoms. The molecule has 376 valence electrons. The van der Waals surface area contributed by atoms with Gasteiger partial charge in [0.15, 0.2) is 11.6 Å². The predicted octanol–water partition coefficient (Wildman–Crippen LogP) is 18.9. The lowest BCUT2D eigenvalue weighted by Gasteiger charge is -2.34. The van der Waals surface area contributed by atoms with Crippen LogP contribution in [0.15, 0.2) is 285 Å². The molecule has 0 spiro atoms. The molecular formula is C76H47N5. The Hall–Kier alpha value is -10.8. The largest absolute Gasteiger partial charge is 0.309 e. The Labute approximate surface area is 467 Å². The van der Waals surface area contributed by atoms with Crippen LogP contribution in [0.2, 0.25) is 0 Å². The van der Waals surface area contributed by atoms with E-state index in [9.17, 15) is 0 Å². The Morgan fingerprint density at radius 3 is 1.36 bits per heavy atom. The zero-order valence-electron chi connectivity index (χ0n) is 43.9. The third-order valence-corrected chi connectivity index (χ3v) is 17.2. The number of para-hydroxylation sites is 3. The molecule has 13 aromatic carbocycles. The third-order valence-electron chi connectivity index (χ3n) is 17.2. The zero-order chi connectivity index (χ0) is 53.2. The van der Waals surface area contributed by atoms with E-state index in [-0.39, 0.29) is 0 Å². The van der Waals surface area contributed by atoms with Crippen molar-refractivity contribution in [2.24, 2.45) is 0 Å². The quantitative estimate of drug-likeness (QED) is 0.149. The number of hydrogen-bond donors (Lipinski definition) is 0. The molecule has 0 saturated carbocycles. The van der Waals surface area contributed by atoms with Gasteiger partial charge >= 0.3 is 0 Å². The maximum absolute atomic E-state index is 5.57. The van der Waals surface area contributed by atoms with E-state index in [0.29, 0.717) is 17.6 Å². The van der Waals surface area contributed by atoms with Gasteiger partial charge in [-0.2, -0.15) is 9.97 Å². The summed E-state index contributed by atoms with van der Waals surface area (Å²) in [7, 11) is 0. The van der Waals surface area contributed by atoms with Crippen LogP contribution < -0.4 is 0 Å². The van der Waals surface area contributed by atoms with Crippen molar-refractivity contribution in [3.8, 4) is 56.7 Å². The number of benzene rings is 13. The second-order valence-corrected chi connectivity index (χ2v) is 21.4. The molecule has 3 aromatic heterocycles. The number of nitrogens with zero attached hydrogens (tertiary/aromatic N) is 5. The monoisotopic (exact) mass is 1030 g/mol.